The molecule has 4 heterocycles. The van der Waals surface area contributed by atoms with Crippen LogP contribution in [0.25, 0.3) is 11.3 Å². The molecule has 212 valence electrons. The first kappa shape index (κ1) is 28.2. The average molecular weight is 593 g/mol. The lowest BCUT2D eigenvalue weighted by Crippen LogP contribution is -2.56. The van der Waals surface area contributed by atoms with Crippen molar-refractivity contribution in [2.75, 3.05) is 43.4 Å². The number of aromatic nitrogens is 1. The Morgan fingerprint density at radius 1 is 1.30 bits per heavy atom. The Balaban J connectivity index is 1.48. The van der Waals surface area contributed by atoms with Crippen LogP contribution < -0.4 is 15.0 Å². The van der Waals surface area contributed by atoms with Gasteiger partial charge < -0.3 is 19.9 Å². The molecule has 2 saturated heterocycles. The first-order chi connectivity index (χ1) is 19.2. The summed E-state index contributed by atoms with van der Waals surface area (Å²) in [5, 5.41) is 4.13. The largest absolute Gasteiger partial charge is 0.434 e. The minimum atomic E-state index is -3.06. The van der Waals surface area contributed by atoms with Gasteiger partial charge in [-0.2, -0.15) is 8.78 Å². The van der Waals surface area contributed by atoms with Gasteiger partial charge in [-0.05, 0) is 37.1 Å². The van der Waals surface area contributed by atoms with Gasteiger partial charge in [0.05, 0.1) is 5.57 Å². The molecule has 0 saturated carbocycles. The van der Waals surface area contributed by atoms with Gasteiger partial charge in [0.15, 0.2) is 5.13 Å². The summed E-state index contributed by atoms with van der Waals surface area (Å²) in [5.41, 5.74) is 0.699. The minimum absolute atomic E-state index is 0.118. The van der Waals surface area contributed by atoms with E-state index in [0.29, 0.717) is 53.2 Å². The summed E-state index contributed by atoms with van der Waals surface area (Å²) >= 11 is 7.47. The Hall–Kier alpha value is -3.35. The number of anilines is 2. The Morgan fingerprint density at radius 2 is 2.05 bits per heavy atom. The van der Waals surface area contributed by atoms with E-state index in [0.717, 1.165) is 12.8 Å². The molecule has 0 aliphatic carbocycles. The molecule has 5 rings (SSSR count). The van der Waals surface area contributed by atoms with Gasteiger partial charge in [0.2, 0.25) is 0 Å². The molecule has 1 aromatic heterocycles. The third kappa shape index (κ3) is 6.03. The Bertz CT molecular complexity index is 1370. The van der Waals surface area contributed by atoms with Crippen LogP contribution >= 0.6 is 22.9 Å². The van der Waals surface area contributed by atoms with Crippen molar-refractivity contribution >= 4 is 45.2 Å². The number of benzene rings is 1. The van der Waals surface area contributed by atoms with Crippen LogP contribution in [0.15, 0.2) is 59.5 Å². The highest BCUT2D eigenvalue weighted by Crippen LogP contribution is 2.43. The number of thiazole rings is 1. The molecule has 0 radical (unpaired) electrons. The zero-order valence-corrected chi connectivity index (χ0v) is 23.3. The molecule has 0 atom stereocenters. The number of carbonyl (C=O) groups is 1. The maximum atomic E-state index is 13.5. The molecule has 40 heavy (non-hydrogen) atoms. The first-order valence-corrected chi connectivity index (χ1v) is 13.9. The number of rotatable bonds is 8. The van der Waals surface area contributed by atoms with Gasteiger partial charge in [-0.25, -0.2) is 14.4 Å². The Labute approximate surface area is 239 Å². The van der Waals surface area contributed by atoms with Crippen LogP contribution in [0.1, 0.15) is 12.8 Å². The fourth-order valence-electron chi connectivity index (χ4n) is 4.93. The molecule has 3 aliphatic rings. The quantitative estimate of drug-likeness (QED) is 0.405. The zero-order valence-electron chi connectivity index (χ0n) is 21.7. The smallest absolute Gasteiger partial charge is 0.387 e. The van der Waals surface area contributed by atoms with Crippen LogP contribution in [0.5, 0.6) is 5.75 Å². The molecule has 2 fully saturated rings. The molecule has 2 aromatic rings. The lowest BCUT2D eigenvalue weighted by Gasteiger charge is -2.44. The number of likely N-dealkylation sites (tertiary alicyclic amines) is 1. The lowest BCUT2D eigenvalue weighted by atomic mass is 9.99. The van der Waals surface area contributed by atoms with E-state index in [1.807, 2.05) is 0 Å². The number of halogens is 4. The zero-order chi connectivity index (χ0) is 28.4. The second-order valence-electron chi connectivity index (χ2n) is 9.59. The highest BCUT2D eigenvalue weighted by atomic mass is 35.5. The normalized spacial score (nSPS) is 19.6. The molecule has 0 spiro atoms. The number of aliphatic imine (C=N–C) groups is 1. The molecule has 13 heteroatoms. The van der Waals surface area contributed by atoms with Crippen molar-refractivity contribution in [3.63, 3.8) is 0 Å². The maximum Gasteiger partial charge on any atom is 0.387 e. The van der Waals surface area contributed by atoms with Crippen molar-refractivity contribution in [2.45, 2.75) is 31.7 Å². The van der Waals surface area contributed by atoms with Crippen molar-refractivity contribution in [2.24, 2.45) is 4.99 Å². The third-order valence-corrected chi connectivity index (χ3v) is 8.26. The second-order valence-corrected chi connectivity index (χ2v) is 11.0. The van der Waals surface area contributed by atoms with Gasteiger partial charge in [0, 0.05) is 62.3 Å². The molecule has 0 bridgehead atoms. The fraction of sp³-hybridized carbons (Fsp3) is 0.370. The molecular weight excluding hydrogens is 565 g/mol. The van der Waals surface area contributed by atoms with Crippen LogP contribution in [-0.4, -0.2) is 79.0 Å². The van der Waals surface area contributed by atoms with E-state index in [-0.39, 0.29) is 22.6 Å². The van der Waals surface area contributed by atoms with Crippen LogP contribution in [0.2, 0.25) is 5.02 Å². The molecule has 0 unspecified atom stereocenters. The number of carbonyl (C=O) groups excluding carboxylic acids is 1. The summed E-state index contributed by atoms with van der Waals surface area (Å²) in [7, 11) is 1.76. The van der Waals surface area contributed by atoms with E-state index in [4.69, 9.17) is 21.3 Å². The summed E-state index contributed by atoms with van der Waals surface area (Å²) in [6.07, 6.45) is 7.40. The first-order valence-electron chi connectivity index (χ1n) is 12.7. The van der Waals surface area contributed by atoms with E-state index in [1.165, 1.54) is 35.6 Å². The molecule has 1 N–H and O–H groups in total. The summed E-state index contributed by atoms with van der Waals surface area (Å²) in [5.74, 6) is -0.209. The van der Waals surface area contributed by atoms with Gasteiger partial charge in [0.25, 0.3) is 5.91 Å². The fourth-order valence-corrected chi connectivity index (χ4v) is 6.13. The monoisotopic (exact) mass is 592 g/mol. The molecular formula is C27H28ClF3N6O2S. The molecule has 3 aliphatic heterocycles. The Kier molecular flexibility index (Phi) is 8.48. The molecule has 1 aromatic carbocycles. The van der Waals surface area contributed by atoms with Gasteiger partial charge in [-0.15, -0.1) is 0 Å². The maximum absolute atomic E-state index is 13.5. The SMILES string of the molecule is C=C/C(C(=O)Nc1sc(N2CCC(N3CC(F)C3)CC2)nc1-c1cc(Cl)ccc1OC(F)F)=C1/N=CC=CN1C. The number of allylic oxidation sites excluding steroid dienone is 1. The molecule has 1 amide bonds. The summed E-state index contributed by atoms with van der Waals surface area (Å²) in [6.45, 7) is 3.02. The van der Waals surface area contributed by atoms with Crippen LogP contribution in [-0.2, 0) is 4.79 Å². The topological polar surface area (TPSA) is 73.3 Å². The number of hydrogen-bond acceptors (Lipinski definition) is 8. The predicted octanol–water partition coefficient (Wildman–Crippen LogP) is 5.55. The standard InChI is InChI=1S/C27H28ClF3N6O2S/c1-3-19(23-32-9-4-10-35(23)2)24(38)34-25-22(20-13-16(28)5-6-21(20)39-26(30)31)33-27(40-25)36-11-7-18(8-12-36)37-14-17(29)15-37/h3-6,9-10,13,17-18,26H,1,7-8,11-12,14-15H2,2H3,(H,34,38)/b23-19+. The van der Waals surface area contributed by atoms with Crippen molar-refractivity contribution in [3.05, 3.63) is 59.5 Å². The van der Waals surface area contributed by atoms with Crippen LogP contribution in [0.4, 0.5) is 23.3 Å². The van der Waals surface area contributed by atoms with E-state index in [1.54, 1.807) is 30.4 Å². The average Bonchev–Trinajstić information content (AvgIpc) is 3.32. The summed E-state index contributed by atoms with van der Waals surface area (Å²) in [4.78, 5) is 28.5. The van der Waals surface area contributed by atoms with Gasteiger partial charge in [-0.3, -0.25) is 9.69 Å². The number of amides is 1. The number of ether oxygens (including phenoxy) is 1. The van der Waals surface area contributed by atoms with Crippen molar-refractivity contribution in [1.82, 2.24) is 14.8 Å². The molecule has 8 nitrogen and oxygen atoms in total. The second kappa shape index (κ2) is 12.0. The van der Waals surface area contributed by atoms with Crippen molar-refractivity contribution in [3.8, 4) is 17.0 Å². The van der Waals surface area contributed by atoms with E-state index < -0.39 is 18.7 Å². The van der Waals surface area contributed by atoms with Crippen LogP contribution in [0.3, 0.4) is 0 Å². The number of piperidine rings is 1. The number of nitrogens with zero attached hydrogens (tertiary/aromatic N) is 5. The van der Waals surface area contributed by atoms with Crippen LogP contribution in [0, 0.1) is 0 Å². The number of hydrogen-bond donors (Lipinski definition) is 1. The number of nitrogens with one attached hydrogen (secondary N) is 1. The van der Waals surface area contributed by atoms with E-state index >= 15 is 0 Å². The van der Waals surface area contributed by atoms with Gasteiger partial charge in [0.1, 0.15) is 28.4 Å². The highest BCUT2D eigenvalue weighted by molar-refractivity contribution is 7.20. The minimum Gasteiger partial charge on any atom is -0.434 e. The predicted molar refractivity (Wildman–Crippen MR) is 152 cm³/mol. The lowest BCUT2D eigenvalue weighted by molar-refractivity contribution is -0.112. The van der Waals surface area contributed by atoms with Gasteiger partial charge >= 0.3 is 6.61 Å². The summed E-state index contributed by atoms with van der Waals surface area (Å²) in [6, 6.07) is 4.58. The van der Waals surface area contributed by atoms with Crippen molar-refractivity contribution in [1.29, 1.82) is 0 Å². The summed E-state index contributed by atoms with van der Waals surface area (Å²) < 4.78 is 44.6. The van der Waals surface area contributed by atoms with E-state index in [9.17, 15) is 18.0 Å². The number of alkyl halides is 3. The van der Waals surface area contributed by atoms with Crippen molar-refractivity contribution < 1.29 is 22.7 Å². The van der Waals surface area contributed by atoms with Gasteiger partial charge in [-0.1, -0.05) is 35.6 Å². The van der Waals surface area contributed by atoms with E-state index in [2.05, 4.69) is 26.7 Å². The Morgan fingerprint density at radius 3 is 2.70 bits per heavy atom. The highest BCUT2D eigenvalue weighted by Gasteiger charge is 2.35. The third-order valence-electron chi connectivity index (χ3n) is 6.99.